The van der Waals surface area contributed by atoms with E-state index >= 15 is 0 Å². The smallest absolute Gasteiger partial charge is 0.0870 e. The van der Waals surface area contributed by atoms with Gasteiger partial charge in [-0.1, -0.05) is 44.5 Å². The van der Waals surface area contributed by atoms with Gasteiger partial charge < -0.3 is 10.1 Å². The van der Waals surface area contributed by atoms with Crippen molar-refractivity contribution in [3.05, 3.63) is 34.9 Å². The first-order valence-electron chi connectivity index (χ1n) is 7.26. The van der Waals surface area contributed by atoms with Gasteiger partial charge in [-0.2, -0.15) is 0 Å². The molecule has 108 valence electrons. The Morgan fingerprint density at radius 3 is 2.11 bits per heavy atom. The second kappa shape index (κ2) is 7.88. The molecule has 0 fully saturated rings. The van der Waals surface area contributed by atoms with E-state index in [0.29, 0.717) is 0 Å². The number of rotatable bonds is 8. The van der Waals surface area contributed by atoms with E-state index in [1.54, 1.807) is 0 Å². The number of ether oxygens (including phenoxy) is 1. The van der Waals surface area contributed by atoms with Crippen LogP contribution in [0.3, 0.4) is 0 Å². The minimum atomic E-state index is -0.154. The first-order valence-corrected chi connectivity index (χ1v) is 7.64. The highest BCUT2D eigenvalue weighted by Gasteiger charge is 2.36. The molecule has 2 nitrogen and oxygen atoms in total. The number of hydrogen-bond acceptors (Lipinski definition) is 2. The standard InChI is InChI=1S/C16H26ClNO/c1-5-16(6-2,19-8-4)15(18-7-3)13-9-11-14(17)12-10-13/h9-12,15,18H,5-8H2,1-4H3. The lowest BCUT2D eigenvalue weighted by Crippen LogP contribution is -2.45. The highest BCUT2D eigenvalue weighted by molar-refractivity contribution is 6.30. The second-order valence-electron chi connectivity index (χ2n) is 4.75. The Morgan fingerprint density at radius 2 is 1.68 bits per heavy atom. The Balaban J connectivity index is 3.12. The highest BCUT2D eigenvalue weighted by Crippen LogP contribution is 2.35. The molecule has 0 heterocycles. The van der Waals surface area contributed by atoms with Gasteiger partial charge in [0.1, 0.15) is 0 Å². The third kappa shape index (κ3) is 3.95. The molecule has 0 amide bonds. The SMILES string of the molecule is CCNC(c1ccc(Cl)cc1)C(CC)(CC)OCC. The van der Waals surface area contributed by atoms with Crippen LogP contribution in [-0.4, -0.2) is 18.8 Å². The number of benzene rings is 1. The second-order valence-corrected chi connectivity index (χ2v) is 5.18. The average Bonchev–Trinajstić information content (AvgIpc) is 2.44. The van der Waals surface area contributed by atoms with Crippen molar-refractivity contribution in [3.8, 4) is 0 Å². The molecule has 0 aliphatic heterocycles. The molecule has 0 aliphatic rings. The zero-order valence-electron chi connectivity index (χ0n) is 12.5. The van der Waals surface area contributed by atoms with Gasteiger partial charge in [-0.05, 0) is 44.0 Å². The van der Waals surface area contributed by atoms with Gasteiger partial charge in [0.2, 0.25) is 0 Å². The molecule has 19 heavy (non-hydrogen) atoms. The average molecular weight is 284 g/mol. The fourth-order valence-corrected chi connectivity index (χ4v) is 2.83. The van der Waals surface area contributed by atoms with Gasteiger partial charge in [0.15, 0.2) is 0 Å². The third-order valence-corrected chi connectivity index (χ3v) is 4.02. The first kappa shape index (κ1) is 16.5. The zero-order chi connectivity index (χ0) is 14.3. The summed E-state index contributed by atoms with van der Waals surface area (Å²) in [5.74, 6) is 0. The normalized spacial score (nSPS) is 13.5. The van der Waals surface area contributed by atoms with Crippen LogP contribution in [0.4, 0.5) is 0 Å². The van der Waals surface area contributed by atoms with E-state index in [4.69, 9.17) is 16.3 Å². The van der Waals surface area contributed by atoms with E-state index in [9.17, 15) is 0 Å². The van der Waals surface area contributed by atoms with Gasteiger partial charge in [0, 0.05) is 11.6 Å². The molecule has 1 unspecified atom stereocenters. The van der Waals surface area contributed by atoms with E-state index in [1.165, 1.54) is 5.56 Å². The van der Waals surface area contributed by atoms with Gasteiger partial charge in [-0.25, -0.2) is 0 Å². The quantitative estimate of drug-likeness (QED) is 0.754. The fraction of sp³-hybridized carbons (Fsp3) is 0.625. The molecule has 0 spiro atoms. The number of nitrogens with one attached hydrogen (secondary N) is 1. The van der Waals surface area contributed by atoms with Crippen LogP contribution >= 0.6 is 11.6 Å². The van der Waals surface area contributed by atoms with Crippen molar-refractivity contribution >= 4 is 11.6 Å². The summed E-state index contributed by atoms with van der Waals surface area (Å²) in [6.45, 7) is 10.2. The first-order chi connectivity index (χ1) is 9.13. The van der Waals surface area contributed by atoms with E-state index in [0.717, 1.165) is 31.0 Å². The van der Waals surface area contributed by atoms with Crippen LogP contribution in [0.2, 0.25) is 5.02 Å². The largest absolute Gasteiger partial charge is 0.373 e. The number of likely N-dealkylation sites (N-methyl/N-ethyl adjacent to an activating group) is 1. The van der Waals surface area contributed by atoms with Crippen LogP contribution in [0.1, 0.15) is 52.1 Å². The molecule has 1 rings (SSSR count). The molecule has 1 aromatic carbocycles. The lowest BCUT2D eigenvalue weighted by atomic mass is 9.83. The minimum Gasteiger partial charge on any atom is -0.373 e. The van der Waals surface area contributed by atoms with Crippen LogP contribution in [0.5, 0.6) is 0 Å². The third-order valence-electron chi connectivity index (χ3n) is 3.77. The van der Waals surface area contributed by atoms with Crippen molar-refractivity contribution in [3.63, 3.8) is 0 Å². The van der Waals surface area contributed by atoms with E-state index in [-0.39, 0.29) is 11.6 Å². The van der Waals surface area contributed by atoms with Crippen molar-refractivity contribution in [1.29, 1.82) is 0 Å². The Bertz CT molecular complexity index is 360. The zero-order valence-corrected chi connectivity index (χ0v) is 13.3. The molecule has 0 bridgehead atoms. The molecule has 0 aliphatic carbocycles. The van der Waals surface area contributed by atoms with E-state index < -0.39 is 0 Å². The van der Waals surface area contributed by atoms with Crippen molar-refractivity contribution in [2.45, 2.75) is 52.2 Å². The topological polar surface area (TPSA) is 21.3 Å². The molecule has 0 aromatic heterocycles. The molecule has 1 N–H and O–H groups in total. The molecule has 0 saturated carbocycles. The molecule has 1 aromatic rings. The van der Waals surface area contributed by atoms with Crippen molar-refractivity contribution in [1.82, 2.24) is 5.32 Å². The van der Waals surface area contributed by atoms with Crippen LogP contribution in [0.25, 0.3) is 0 Å². The van der Waals surface area contributed by atoms with Crippen LogP contribution in [0.15, 0.2) is 24.3 Å². The predicted octanol–water partition coefficient (Wildman–Crippen LogP) is 4.59. The number of halogens is 1. The van der Waals surface area contributed by atoms with E-state index in [2.05, 4.69) is 45.1 Å². The van der Waals surface area contributed by atoms with Crippen molar-refractivity contribution in [2.24, 2.45) is 0 Å². The van der Waals surface area contributed by atoms with Gasteiger partial charge in [0.05, 0.1) is 11.6 Å². The molecule has 1 atom stereocenters. The summed E-state index contributed by atoms with van der Waals surface area (Å²) in [5, 5.41) is 4.35. The lowest BCUT2D eigenvalue weighted by molar-refractivity contribution is -0.0730. The molecule has 0 radical (unpaired) electrons. The van der Waals surface area contributed by atoms with Crippen molar-refractivity contribution < 1.29 is 4.74 Å². The predicted molar refractivity (Wildman–Crippen MR) is 82.8 cm³/mol. The maximum absolute atomic E-state index is 6.13. The van der Waals surface area contributed by atoms with Gasteiger partial charge >= 0.3 is 0 Å². The van der Waals surface area contributed by atoms with Crippen molar-refractivity contribution in [2.75, 3.05) is 13.2 Å². The summed E-state index contributed by atoms with van der Waals surface area (Å²) in [6.07, 6.45) is 1.97. The minimum absolute atomic E-state index is 0.154. The maximum Gasteiger partial charge on any atom is 0.0870 e. The summed E-state index contributed by atoms with van der Waals surface area (Å²) in [7, 11) is 0. The summed E-state index contributed by atoms with van der Waals surface area (Å²) in [6, 6.07) is 8.28. The molecular formula is C16H26ClNO. The van der Waals surface area contributed by atoms with E-state index in [1.807, 2.05) is 12.1 Å². The van der Waals surface area contributed by atoms with Gasteiger partial charge in [0.25, 0.3) is 0 Å². The van der Waals surface area contributed by atoms with Crippen LogP contribution in [-0.2, 0) is 4.74 Å². The Morgan fingerprint density at radius 1 is 1.11 bits per heavy atom. The molecular weight excluding hydrogens is 258 g/mol. The monoisotopic (exact) mass is 283 g/mol. The lowest BCUT2D eigenvalue weighted by Gasteiger charge is -2.40. The van der Waals surface area contributed by atoms with Crippen LogP contribution in [0, 0.1) is 0 Å². The van der Waals surface area contributed by atoms with Crippen LogP contribution < -0.4 is 5.32 Å². The highest BCUT2D eigenvalue weighted by atomic mass is 35.5. The Kier molecular flexibility index (Phi) is 6.84. The van der Waals surface area contributed by atoms with Gasteiger partial charge in [-0.3, -0.25) is 0 Å². The Hall–Kier alpha value is -0.570. The van der Waals surface area contributed by atoms with Gasteiger partial charge in [-0.15, -0.1) is 0 Å². The summed E-state index contributed by atoms with van der Waals surface area (Å²) < 4.78 is 6.13. The summed E-state index contributed by atoms with van der Waals surface area (Å²) >= 11 is 5.98. The molecule has 0 saturated heterocycles. The Labute approximate surface area is 122 Å². The summed E-state index contributed by atoms with van der Waals surface area (Å²) in [5.41, 5.74) is 1.09. The number of hydrogen-bond donors (Lipinski definition) is 1. The molecule has 3 heteroatoms. The summed E-state index contributed by atoms with van der Waals surface area (Å²) in [4.78, 5) is 0. The maximum atomic E-state index is 6.13. The fourth-order valence-electron chi connectivity index (χ4n) is 2.70.